The highest BCUT2D eigenvalue weighted by Crippen LogP contribution is 2.30. The van der Waals surface area contributed by atoms with Crippen molar-refractivity contribution in [3.8, 4) is 11.5 Å². The molecular formula is C17H23NO3. The van der Waals surface area contributed by atoms with Gasteiger partial charge in [-0.2, -0.15) is 0 Å². The summed E-state index contributed by atoms with van der Waals surface area (Å²) >= 11 is 0. The van der Waals surface area contributed by atoms with E-state index < -0.39 is 0 Å². The summed E-state index contributed by atoms with van der Waals surface area (Å²) < 4.78 is 11.3. The normalized spacial score (nSPS) is 18.2. The molecule has 1 saturated heterocycles. The molecule has 0 unspecified atom stereocenters. The largest absolute Gasteiger partial charge is 0.490 e. The summed E-state index contributed by atoms with van der Waals surface area (Å²) in [5.74, 6) is 1.91. The summed E-state index contributed by atoms with van der Waals surface area (Å²) in [6.07, 6.45) is 5.82. The minimum Gasteiger partial charge on any atom is -0.490 e. The van der Waals surface area contributed by atoms with E-state index in [4.69, 9.17) is 9.47 Å². The minimum absolute atomic E-state index is 0.279. The molecule has 114 valence electrons. The molecule has 4 nitrogen and oxygen atoms in total. The number of rotatable bonds is 3. The monoisotopic (exact) mass is 289 g/mol. The quantitative estimate of drug-likeness (QED) is 0.859. The Kier molecular flexibility index (Phi) is 4.63. The first kappa shape index (κ1) is 14.2. The number of carbonyl (C=O) groups is 1. The van der Waals surface area contributed by atoms with E-state index in [9.17, 15) is 4.79 Å². The van der Waals surface area contributed by atoms with Crippen LogP contribution in [-0.4, -0.2) is 37.1 Å². The number of fused-ring (bicyclic) bond motifs is 1. The Labute approximate surface area is 126 Å². The third-order valence-corrected chi connectivity index (χ3v) is 4.15. The molecule has 4 heteroatoms. The number of aryl methyl sites for hydroxylation is 1. The van der Waals surface area contributed by atoms with Gasteiger partial charge in [-0.05, 0) is 43.4 Å². The highest BCUT2D eigenvalue weighted by atomic mass is 16.5. The molecule has 2 aliphatic rings. The zero-order valence-corrected chi connectivity index (χ0v) is 12.5. The van der Waals surface area contributed by atoms with Crippen LogP contribution in [0, 0.1) is 0 Å². The third kappa shape index (κ3) is 3.69. The molecule has 21 heavy (non-hydrogen) atoms. The van der Waals surface area contributed by atoms with Gasteiger partial charge in [0.15, 0.2) is 11.5 Å². The summed E-state index contributed by atoms with van der Waals surface area (Å²) in [5.41, 5.74) is 1.14. The fraction of sp³-hybridized carbons (Fsp3) is 0.588. The van der Waals surface area contributed by atoms with Crippen LogP contribution in [0.3, 0.4) is 0 Å². The topological polar surface area (TPSA) is 38.8 Å². The van der Waals surface area contributed by atoms with Gasteiger partial charge in [0.25, 0.3) is 0 Å². The number of nitrogens with zero attached hydrogens (tertiary/aromatic N) is 1. The van der Waals surface area contributed by atoms with Crippen molar-refractivity contribution in [3.05, 3.63) is 23.8 Å². The number of ether oxygens (including phenoxy) is 2. The van der Waals surface area contributed by atoms with Gasteiger partial charge < -0.3 is 14.4 Å². The van der Waals surface area contributed by atoms with Crippen LogP contribution in [0.5, 0.6) is 11.5 Å². The van der Waals surface area contributed by atoms with E-state index in [1.165, 1.54) is 6.42 Å². The van der Waals surface area contributed by atoms with Gasteiger partial charge in [0.2, 0.25) is 5.91 Å². The van der Waals surface area contributed by atoms with Crippen LogP contribution in [0.1, 0.15) is 37.7 Å². The number of likely N-dealkylation sites (tertiary alicyclic amines) is 1. The fourth-order valence-corrected chi connectivity index (χ4v) is 2.92. The average molecular weight is 289 g/mol. The first-order chi connectivity index (χ1) is 10.3. The number of carbonyl (C=O) groups excluding carboxylic acids is 1. The number of hydrogen-bond acceptors (Lipinski definition) is 3. The van der Waals surface area contributed by atoms with Gasteiger partial charge in [-0.25, -0.2) is 0 Å². The van der Waals surface area contributed by atoms with E-state index in [1.807, 2.05) is 23.1 Å². The summed E-state index contributed by atoms with van der Waals surface area (Å²) in [6, 6.07) is 6.02. The lowest BCUT2D eigenvalue weighted by Gasteiger charge is -2.26. The van der Waals surface area contributed by atoms with E-state index >= 15 is 0 Å². The van der Waals surface area contributed by atoms with Crippen molar-refractivity contribution in [2.45, 2.75) is 38.5 Å². The van der Waals surface area contributed by atoms with Crippen LogP contribution in [0.2, 0.25) is 0 Å². The Hall–Kier alpha value is -1.71. The van der Waals surface area contributed by atoms with Crippen molar-refractivity contribution in [2.75, 3.05) is 26.3 Å². The van der Waals surface area contributed by atoms with Crippen LogP contribution in [0.25, 0.3) is 0 Å². The van der Waals surface area contributed by atoms with Crippen molar-refractivity contribution in [1.29, 1.82) is 0 Å². The molecule has 0 atom stereocenters. The summed E-state index contributed by atoms with van der Waals surface area (Å²) in [5, 5.41) is 0. The molecule has 1 fully saturated rings. The molecule has 0 radical (unpaired) electrons. The van der Waals surface area contributed by atoms with Crippen LogP contribution >= 0.6 is 0 Å². The number of hydrogen-bond donors (Lipinski definition) is 0. The van der Waals surface area contributed by atoms with Gasteiger partial charge >= 0.3 is 0 Å². The zero-order valence-electron chi connectivity index (χ0n) is 12.5. The maximum atomic E-state index is 12.2. The Morgan fingerprint density at radius 3 is 2.57 bits per heavy atom. The van der Waals surface area contributed by atoms with Crippen LogP contribution in [-0.2, 0) is 11.2 Å². The third-order valence-electron chi connectivity index (χ3n) is 4.15. The molecular weight excluding hydrogens is 266 g/mol. The van der Waals surface area contributed by atoms with E-state index in [0.717, 1.165) is 55.8 Å². The average Bonchev–Trinajstić information content (AvgIpc) is 2.78. The van der Waals surface area contributed by atoms with Gasteiger partial charge in [-0.15, -0.1) is 0 Å². The van der Waals surface area contributed by atoms with E-state index in [1.54, 1.807) is 0 Å². The van der Waals surface area contributed by atoms with Crippen molar-refractivity contribution < 1.29 is 14.3 Å². The number of benzene rings is 1. The summed E-state index contributed by atoms with van der Waals surface area (Å²) in [7, 11) is 0. The molecule has 0 aliphatic carbocycles. The molecule has 0 bridgehead atoms. The maximum absolute atomic E-state index is 12.2. The van der Waals surface area contributed by atoms with Gasteiger partial charge in [0.05, 0.1) is 13.2 Å². The summed E-state index contributed by atoms with van der Waals surface area (Å²) in [4.78, 5) is 14.2. The van der Waals surface area contributed by atoms with Gasteiger partial charge in [0.1, 0.15) is 0 Å². The molecule has 0 N–H and O–H groups in total. The van der Waals surface area contributed by atoms with Gasteiger partial charge in [-0.1, -0.05) is 6.07 Å². The van der Waals surface area contributed by atoms with Gasteiger partial charge in [-0.3, -0.25) is 4.79 Å². The SMILES string of the molecule is O=C(CCc1ccc2c(c1)OCCCO2)N1CCCCC1. The molecule has 1 aromatic carbocycles. The van der Waals surface area contributed by atoms with E-state index in [2.05, 4.69) is 0 Å². The number of piperidine rings is 1. The van der Waals surface area contributed by atoms with Crippen LogP contribution in [0.4, 0.5) is 0 Å². The second kappa shape index (κ2) is 6.83. The maximum Gasteiger partial charge on any atom is 0.222 e. The predicted molar refractivity (Wildman–Crippen MR) is 80.8 cm³/mol. The lowest BCUT2D eigenvalue weighted by Crippen LogP contribution is -2.35. The van der Waals surface area contributed by atoms with Crippen LogP contribution in [0.15, 0.2) is 18.2 Å². The summed E-state index contributed by atoms with van der Waals surface area (Å²) in [6.45, 7) is 3.27. The van der Waals surface area contributed by atoms with Crippen LogP contribution < -0.4 is 9.47 Å². The molecule has 2 aliphatic heterocycles. The van der Waals surface area contributed by atoms with Gasteiger partial charge in [0, 0.05) is 25.9 Å². The second-order valence-electron chi connectivity index (χ2n) is 5.77. The lowest BCUT2D eigenvalue weighted by molar-refractivity contribution is -0.132. The van der Waals surface area contributed by atoms with Crippen molar-refractivity contribution >= 4 is 5.91 Å². The smallest absolute Gasteiger partial charge is 0.222 e. The molecule has 0 aromatic heterocycles. The molecule has 0 saturated carbocycles. The second-order valence-corrected chi connectivity index (χ2v) is 5.77. The highest BCUT2D eigenvalue weighted by Gasteiger charge is 2.17. The van der Waals surface area contributed by atoms with Crippen molar-refractivity contribution in [3.63, 3.8) is 0 Å². The molecule has 2 heterocycles. The number of amides is 1. The predicted octanol–water partition coefficient (Wildman–Crippen LogP) is 2.79. The highest BCUT2D eigenvalue weighted by molar-refractivity contribution is 5.76. The minimum atomic E-state index is 0.279. The first-order valence-corrected chi connectivity index (χ1v) is 7.99. The fourth-order valence-electron chi connectivity index (χ4n) is 2.92. The Morgan fingerprint density at radius 2 is 1.76 bits per heavy atom. The zero-order chi connectivity index (χ0) is 14.5. The van der Waals surface area contributed by atoms with E-state index in [-0.39, 0.29) is 5.91 Å². The van der Waals surface area contributed by atoms with E-state index in [0.29, 0.717) is 19.6 Å². The Morgan fingerprint density at radius 1 is 1.00 bits per heavy atom. The first-order valence-electron chi connectivity index (χ1n) is 7.99. The molecule has 1 aromatic rings. The van der Waals surface area contributed by atoms with Crippen molar-refractivity contribution in [2.24, 2.45) is 0 Å². The standard InChI is InChI=1S/C17H23NO3/c19-17(18-9-2-1-3-10-18)8-6-14-5-7-15-16(13-14)21-12-4-11-20-15/h5,7,13H,1-4,6,8-12H2. The molecule has 3 rings (SSSR count). The molecule has 1 amide bonds. The van der Waals surface area contributed by atoms with Crippen molar-refractivity contribution in [1.82, 2.24) is 4.90 Å². The Bertz CT molecular complexity index is 495. The molecule has 0 spiro atoms. The lowest BCUT2D eigenvalue weighted by atomic mass is 10.1. The Balaban J connectivity index is 1.57.